The van der Waals surface area contributed by atoms with Gasteiger partial charge in [0.2, 0.25) is 15.7 Å². The zero-order valence-corrected chi connectivity index (χ0v) is 16.5. The SMILES string of the molecule is CC(C)[C@H](NC(=O)c1cccs1)c1nnc(S(=O)(=O)Cc2ccccc2)o1. The average molecular weight is 406 g/mol. The van der Waals surface area contributed by atoms with Crippen molar-refractivity contribution in [2.75, 3.05) is 0 Å². The van der Waals surface area contributed by atoms with Gasteiger partial charge in [-0.1, -0.05) is 55.3 Å². The highest BCUT2D eigenvalue weighted by atomic mass is 32.2. The van der Waals surface area contributed by atoms with Crippen molar-refractivity contribution in [1.82, 2.24) is 15.5 Å². The first kappa shape index (κ1) is 19.2. The lowest BCUT2D eigenvalue weighted by atomic mass is 10.0. The lowest BCUT2D eigenvalue weighted by Crippen LogP contribution is -2.31. The molecule has 9 heteroatoms. The predicted molar refractivity (Wildman–Crippen MR) is 101 cm³/mol. The number of hydrogen-bond donors (Lipinski definition) is 1. The third-order valence-corrected chi connectivity index (χ3v) is 6.13. The van der Waals surface area contributed by atoms with Gasteiger partial charge in [0.15, 0.2) is 0 Å². The van der Waals surface area contributed by atoms with Gasteiger partial charge in [-0.3, -0.25) is 4.79 Å². The molecule has 2 heterocycles. The van der Waals surface area contributed by atoms with Crippen LogP contribution in [-0.2, 0) is 15.6 Å². The minimum atomic E-state index is -3.77. The first-order valence-electron chi connectivity index (χ1n) is 8.31. The molecule has 0 fully saturated rings. The first-order chi connectivity index (χ1) is 12.9. The van der Waals surface area contributed by atoms with Gasteiger partial charge in [-0.15, -0.1) is 16.4 Å². The van der Waals surface area contributed by atoms with Crippen molar-refractivity contribution in [2.24, 2.45) is 5.92 Å². The zero-order valence-electron chi connectivity index (χ0n) is 14.8. The standard InChI is InChI=1S/C18H19N3O4S2/c1-12(2)15(19-16(22)14-9-6-10-26-14)17-20-21-18(25-17)27(23,24)11-13-7-4-3-5-8-13/h3-10,12,15H,11H2,1-2H3,(H,19,22)/t15-/m0/s1. The molecule has 0 unspecified atom stereocenters. The smallest absolute Gasteiger partial charge is 0.335 e. The van der Waals surface area contributed by atoms with Crippen LogP contribution in [0.1, 0.15) is 41.0 Å². The van der Waals surface area contributed by atoms with E-state index in [9.17, 15) is 13.2 Å². The van der Waals surface area contributed by atoms with Gasteiger partial charge in [-0.2, -0.15) is 0 Å². The summed E-state index contributed by atoms with van der Waals surface area (Å²) < 4.78 is 30.5. The average Bonchev–Trinajstić information content (AvgIpc) is 3.32. The Hall–Kier alpha value is -2.52. The van der Waals surface area contributed by atoms with Crippen molar-refractivity contribution < 1.29 is 17.6 Å². The van der Waals surface area contributed by atoms with E-state index in [1.54, 1.807) is 41.8 Å². The van der Waals surface area contributed by atoms with E-state index in [-0.39, 0.29) is 23.5 Å². The van der Waals surface area contributed by atoms with Crippen LogP contribution < -0.4 is 5.32 Å². The normalized spacial score (nSPS) is 12.9. The Balaban J connectivity index is 1.80. The van der Waals surface area contributed by atoms with Crippen molar-refractivity contribution in [2.45, 2.75) is 30.9 Å². The summed E-state index contributed by atoms with van der Waals surface area (Å²) in [6.45, 7) is 3.75. The summed E-state index contributed by atoms with van der Waals surface area (Å²) in [5, 5.41) is 11.8. The molecule has 0 spiro atoms. The van der Waals surface area contributed by atoms with Crippen LogP contribution in [0, 0.1) is 5.92 Å². The Morgan fingerprint density at radius 3 is 2.52 bits per heavy atom. The number of amides is 1. The highest BCUT2D eigenvalue weighted by Gasteiger charge is 2.29. The van der Waals surface area contributed by atoms with Gasteiger partial charge in [-0.05, 0) is 22.9 Å². The number of thiophene rings is 1. The van der Waals surface area contributed by atoms with Crippen LogP contribution in [0.5, 0.6) is 0 Å². The second kappa shape index (κ2) is 8.01. The summed E-state index contributed by atoms with van der Waals surface area (Å²) in [6.07, 6.45) is 0. The molecule has 1 atom stereocenters. The topological polar surface area (TPSA) is 102 Å². The Morgan fingerprint density at radius 2 is 1.89 bits per heavy atom. The summed E-state index contributed by atoms with van der Waals surface area (Å²) in [5.41, 5.74) is 0.628. The van der Waals surface area contributed by atoms with Crippen molar-refractivity contribution in [3.8, 4) is 0 Å². The van der Waals surface area contributed by atoms with Gasteiger partial charge in [0.25, 0.3) is 5.91 Å². The second-order valence-corrected chi connectivity index (χ2v) is 9.14. The number of carbonyl (C=O) groups excluding carboxylic acids is 1. The molecule has 0 radical (unpaired) electrons. The molecular weight excluding hydrogens is 386 g/mol. The summed E-state index contributed by atoms with van der Waals surface area (Å²) >= 11 is 1.32. The van der Waals surface area contributed by atoms with E-state index in [1.165, 1.54) is 11.3 Å². The minimum Gasteiger partial charge on any atom is -0.410 e. The van der Waals surface area contributed by atoms with Crippen LogP contribution in [-0.4, -0.2) is 24.5 Å². The van der Waals surface area contributed by atoms with Gasteiger partial charge in [0, 0.05) is 0 Å². The van der Waals surface area contributed by atoms with E-state index in [0.29, 0.717) is 10.4 Å². The zero-order chi connectivity index (χ0) is 19.4. The van der Waals surface area contributed by atoms with Gasteiger partial charge in [0.05, 0.1) is 10.6 Å². The third-order valence-electron chi connectivity index (χ3n) is 3.85. The van der Waals surface area contributed by atoms with E-state index < -0.39 is 21.1 Å². The fraction of sp³-hybridized carbons (Fsp3) is 0.278. The molecule has 0 aliphatic rings. The molecule has 1 N–H and O–H groups in total. The Morgan fingerprint density at radius 1 is 1.15 bits per heavy atom. The number of aromatic nitrogens is 2. The van der Waals surface area contributed by atoms with E-state index in [0.717, 1.165) is 0 Å². The molecule has 0 saturated carbocycles. The van der Waals surface area contributed by atoms with E-state index in [1.807, 2.05) is 19.9 Å². The largest absolute Gasteiger partial charge is 0.410 e. The molecule has 0 aliphatic heterocycles. The first-order valence-corrected chi connectivity index (χ1v) is 10.8. The van der Waals surface area contributed by atoms with Crippen LogP contribution >= 0.6 is 11.3 Å². The van der Waals surface area contributed by atoms with Crippen LogP contribution in [0.15, 0.2) is 57.5 Å². The Bertz CT molecular complexity index is 996. The van der Waals surface area contributed by atoms with Gasteiger partial charge < -0.3 is 9.73 Å². The maximum absolute atomic E-state index is 12.5. The van der Waals surface area contributed by atoms with Crippen molar-refractivity contribution in [3.63, 3.8) is 0 Å². The summed E-state index contributed by atoms with van der Waals surface area (Å²) in [6, 6.07) is 11.7. The molecular formula is C18H19N3O4S2. The highest BCUT2D eigenvalue weighted by molar-refractivity contribution is 7.90. The van der Waals surface area contributed by atoms with E-state index in [2.05, 4.69) is 15.5 Å². The second-order valence-electron chi connectivity index (χ2n) is 6.32. The lowest BCUT2D eigenvalue weighted by molar-refractivity contribution is 0.0919. The quantitative estimate of drug-likeness (QED) is 0.647. The Kier molecular flexibility index (Phi) is 5.71. The molecule has 3 aromatic rings. The number of hydrogen-bond acceptors (Lipinski definition) is 7. The van der Waals surface area contributed by atoms with Gasteiger partial charge >= 0.3 is 5.22 Å². The fourth-order valence-corrected chi connectivity index (χ4v) is 4.22. The monoisotopic (exact) mass is 405 g/mol. The number of rotatable bonds is 7. The number of nitrogens with zero attached hydrogens (tertiary/aromatic N) is 2. The molecule has 0 saturated heterocycles. The molecule has 3 rings (SSSR count). The summed E-state index contributed by atoms with van der Waals surface area (Å²) in [5.74, 6) is -0.500. The van der Waals surface area contributed by atoms with Crippen LogP contribution in [0.4, 0.5) is 0 Å². The van der Waals surface area contributed by atoms with Crippen molar-refractivity contribution in [1.29, 1.82) is 0 Å². The maximum atomic E-state index is 12.5. The van der Waals surface area contributed by atoms with E-state index >= 15 is 0 Å². The summed E-state index contributed by atoms with van der Waals surface area (Å²) in [4.78, 5) is 12.9. The summed E-state index contributed by atoms with van der Waals surface area (Å²) in [7, 11) is -3.77. The van der Waals surface area contributed by atoms with Crippen LogP contribution in [0.2, 0.25) is 0 Å². The maximum Gasteiger partial charge on any atom is 0.335 e. The number of benzene rings is 1. The molecule has 142 valence electrons. The van der Waals surface area contributed by atoms with Crippen molar-refractivity contribution in [3.05, 3.63) is 64.2 Å². The number of sulfone groups is 1. The lowest BCUT2D eigenvalue weighted by Gasteiger charge is -2.18. The molecule has 2 aromatic heterocycles. The van der Waals surface area contributed by atoms with Gasteiger partial charge in [-0.25, -0.2) is 8.42 Å². The van der Waals surface area contributed by atoms with E-state index in [4.69, 9.17) is 4.42 Å². The molecule has 7 nitrogen and oxygen atoms in total. The predicted octanol–water partition coefficient (Wildman–Crippen LogP) is 3.23. The van der Waals surface area contributed by atoms with Crippen LogP contribution in [0.3, 0.4) is 0 Å². The molecule has 27 heavy (non-hydrogen) atoms. The number of nitrogens with one attached hydrogen (secondary N) is 1. The molecule has 1 aromatic carbocycles. The Labute approximate surface area is 161 Å². The fourth-order valence-electron chi connectivity index (χ4n) is 2.46. The number of carbonyl (C=O) groups is 1. The molecule has 0 bridgehead atoms. The van der Waals surface area contributed by atoms with Crippen molar-refractivity contribution >= 4 is 27.1 Å². The highest BCUT2D eigenvalue weighted by Crippen LogP contribution is 2.24. The van der Waals surface area contributed by atoms with Gasteiger partial charge in [0.1, 0.15) is 6.04 Å². The molecule has 0 aliphatic carbocycles. The third kappa shape index (κ3) is 4.61. The minimum absolute atomic E-state index is 0.0703. The van der Waals surface area contributed by atoms with Crippen LogP contribution in [0.25, 0.3) is 0 Å². The molecule has 1 amide bonds.